The average molecular weight is 1070 g/mol. The largest absolute Gasteiger partial charge is 0.309 e. The highest BCUT2D eigenvalue weighted by atomic mass is 15.1. The van der Waals surface area contributed by atoms with Crippen LogP contribution < -0.4 is 0 Å². The van der Waals surface area contributed by atoms with Crippen LogP contribution in [0.3, 0.4) is 0 Å². The fraction of sp³-hybridized carbons (Fsp3) is 0. The lowest BCUT2D eigenvalue weighted by molar-refractivity contribution is 1.07. The molecule has 10 heteroatoms. The van der Waals surface area contributed by atoms with Crippen LogP contribution in [0.2, 0.25) is 0 Å². The standard InChI is InChI=1S/C74H44N10/c75-45-47-32-34-67-63(36-47)61-28-13-15-30-65(61)83(67)59-41-55(39-57(43-59)73-79-69(49-18-5-1-6-19-49)77-70(80-73)50-20-7-2-8-21-50)53-26-17-27-54(38-53)56-40-58(74-81-71(51-22-9-3-10-23-51)78-72(82-74)52-24-11-4-12-25-52)44-60(42-56)84-66-31-16-14-29-62(66)64-37-48(46-76)33-35-68(64)84/h1-44H. The number of aromatic nitrogens is 8. The molecule has 4 aromatic heterocycles. The maximum Gasteiger partial charge on any atom is 0.164 e. The Morgan fingerprint density at radius 1 is 0.226 bits per heavy atom. The molecule has 15 aromatic rings. The van der Waals surface area contributed by atoms with Crippen LogP contribution in [0.15, 0.2) is 267 Å². The van der Waals surface area contributed by atoms with Crippen molar-refractivity contribution in [1.29, 1.82) is 10.5 Å². The Morgan fingerprint density at radius 3 is 0.869 bits per heavy atom. The van der Waals surface area contributed by atoms with Crippen molar-refractivity contribution in [3.63, 3.8) is 0 Å². The highest BCUT2D eigenvalue weighted by Crippen LogP contribution is 2.40. The number of nitriles is 2. The number of benzene rings is 11. The number of rotatable bonds is 10. The minimum atomic E-state index is 0.516. The zero-order chi connectivity index (χ0) is 56.1. The van der Waals surface area contributed by atoms with Crippen molar-refractivity contribution >= 4 is 43.6 Å². The normalized spacial score (nSPS) is 11.3. The van der Waals surface area contributed by atoms with Gasteiger partial charge in [-0.15, -0.1) is 0 Å². The average Bonchev–Trinajstić information content (AvgIpc) is 3.94. The number of hydrogen-bond donors (Lipinski definition) is 0. The van der Waals surface area contributed by atoms with E-state index >= 15 is 0 Å². The molecule has 0 aliphatic carbocycles. The highest BCUT2D eigenvalue weighted by molar-refractivity contribution is 6.11. The molecule has 0 amide bonds. The van der Waals surface area contributed by atoms with Gasteiger partial charge in [-0.2, -0.15) is 10.5 Å². The molecule has 0 radical (unpaired) electrons. The first-order valence-corrected chi connectivity index (χ1v) is 27.5. The van der Waals surface area contributed by atoms with Crippen molar-refractivity contribution in [2.45, 2.75) is 0 Å². The van der Waals surface area contributed by atoms with E-state index in [0.717, 1.165) is 111 Å². The Bertz CT molecular complexity index is 4720. The Kier molecular flexibility index (Phi) is 12.0. The van der Waals surface area contributed by atoms with Gasteiger partial charge in [0, 0.05) is 66.3 Å². The third kappa shape index (κ3) is 8.86. The smallest absolute Gasteiger partial charge is 0.164 e. The van der Waals surface area contributed by atoms with E-state index in [4.69, 9.17) is 29.9 Å². The van der Waals surface area contributed by atoms with E-state index in [1.807, 2.05) is 170 Å². The molecule has 0 N–H and O–H groups in total. The number of para-hydroxylation sites is 2. The summed E-state index contributed by atoms with van der Waals surface area (Å²) in [6.45, 7) is 0. The van der Waals surface area contributed by atoms with Crippen molar-refractivity contribution in [3.8, 4) is 114 Å². The molecule has 10 nitrogen and oxygen atoms in total. The van der Waals surface area contributed by atoms with Crippen molar-refractivity contribution in [3.05, 3.63) is 278 Å². The minimum Gasteiger partial charge on any atom is -0.309 e. The fourth-order valence-electron chi connectivity index (χ4n) is 11.5. The van der Waals surface area contributed by atoms with Gasteiger partial charge >= 0.3 is 0 Å². The summed E-state index contributed by atoms with van der Waals surface area (Å²) < 4.78 is 4.53. The van der Waals surface area contributed by atoms with E-state index in [-0.39, 0.29) is 0 Å². The zero-order valence-electron chi connectivity index (χ0n) is 44.9. The first-order chi connectivity index (χ1) is 41.5. The summed E-state index contributed by atoms with van der Waals surface area (Å²) in [5, 5.41) is 24.2. The van der Waals surface area contributed by atoms with Crippen LogP contribution in [0.1, 0.15) is 11.1 Å². The zero-order valence-corrected chi connectivity index (χ0v) is 44.9. The van der Waals surface area contributed by atoms with E-state index in [0.29, 0.717) is 46.1 Å². The third-order valence-corrected chi connectivity index (χ3v) is 15.4. The van der Waals surface area contributed by atoms with Crippen molar-refractivity contribution in [2.75, 3.05) is 0 Å². The summed E-state index contributed by atoms with van der Waals surface area (Å²) in [6.07, 6.45) is 0. The molecule has 15 rings (SSSR count). The maximum atomic E-state index is 10.1. The SMILES string of the molecule is N#Cc1ccc2c(c1)c1ccccc1n2-c1cc(-c2cccc(-c3cc(-c4nc(-c5ccccc5)nc(-c5ccccc5)n4)cc(-n4c5ccccc5c5cc(C#N)ccc54)c3)c2)cc(-c2nc(-c3ccccc3)nc(-c3ccccc3)n2)c1. The fourth-order valence-corrected chi connectivity index (χ4v) is 11.5. The van der Waals surface area contributed by atoms with E-state index in [9.17, 15) is 10.5 Å². The molecule has 0 saturated heterocycles. The number of hydrogen-bond acceptors (Lipinski definition) is 8. The summed E-state index contributed by atoms with van der Waals surface area (Å²) in [6, 6.07) is 94.9. The molecule has 0 saturated carbocycles. The molecule has 0 unspecified atom stereocenters. The van der Waals surface area contributed by atoms with Crippen molar-refractivity contribution in [2.24, 2.45) is 0 Å². The molecular formula is C74H44N10. The Morgan fingerprint density at radius 2 is 0.512 bits per heavy atom. The van der Waals surface area contributed by atoms with Crippen LogP contribution in [0, 0.1) is 22.7 Å². The van der Waals surface area contributed by atoms with Crippen molar-refractivity contribution < 1.29 is 0 Å². The topological polar surface area (TPSA) is 135 Å². The van der Waals surface area contributed by atoms with Gasteiger partial charge in [0.15, 0.2) is 34.9 Å². The van der Waals surface area contributed by atoms with E-state index in [2.05, 4.69) is 118 Å². The first kappa shape index (κ1) is 49.1. The highest BCUT2D eigenvalue weighted by Gasteiger charge is 2.21. The van der Waals surface area contributed by atoms with E-state index in [1.54, 1.807) is 0 Å². The monoisotopic (exact) mass is 1070 g/mol. The summed E-state index contributed by atoms with van der Waals surface area (Å²) >= 11 is 0. The quantitative estimate of drug-likeness (QED) is 0.132. The van der Waals surface area contributed by atoms with Crippen LogP contribution in [-0.2, 0) is 0 Å². The lowest BCUT2D eigenvalue weighted by Crippen LogP contribution is -2.02. The predicted octanol–water partition coefficient (Wildman–Crippen LogP) is 17.3. The van der Waals surface area contributed by atoms with Crippen LogP contribution in [-0.4, -0.2) is 39.0 Å². The summed E-state index contributed by atoms with van der Waals surface area (Å²) in [7, 11) is 0. The Balaban J connectivity index is 0.969. The second kappa shape index (κ2) is 20.6. The van der Waals surface area contributed by atoms with E-state index < -0.39 is 0 Å². The lowest BCUT2D eigenvalue weighted by atomic mass is 9.95. The molecule has 0 atom stereocenters. The molecule has 0 aliphatic rings. The molecular weight excluding hydrogens is 1030 g/mol. The van der Waals surface area contributed by atoms with Crippen LogP contribution in [0.4, 0.5) is 0 Å². The molecule has 11 aromatic carbocycles. The second-order valence-electron chi connectivity index (χ2n) is 20.6. The summed E-state index contributed by atoms with van der Waals surface area (Å²) in [5.41, 5.74) is 15.7. The van der Waals surface area contributed by atoms with Gasteiger partial charge in [0.1, 0.15) is 0 Å². The van der Waals surface area contributed by atoms with Gasteiger partial charge in [0.25, 0.3) is 0 Å². The Labute approximate surface area is 482 Å². The minimum absolute atomic E-state index is 0.516. The van der Waals surface area contributed by atoms with Gasteiger partial charge in [-0.25, -0.2) is 29.9 Å². The van der Waals surface area contributed by atoms with Gasteiger partial charge in [0.2, 0.25) is 0 Å². The van der Waals surface area contributed by atoms with Crippen LogP contribution in [0.5, 0.6) is 0 Å². The van der Waals surface area contributed by atoms with Crippen molar-refractivity contribution in [1.82, 2.24) is 39.0 Å². The van der Waals surface area contributed by atoms with Gasteiger partial charge in [-0.3, -0.25) is 0 Å². The molecule has 84 heavy (non-hydrogen) atoms. The molecule has 0 bridgehead atoms. The lowest BCUT2D eigenvalue weighted by Gasteiger charge is -2.16. The summed E-state index contributed by atoms with van der Waals surface area (Å²) in [5.74, 6) is 3.27. The third-order valence-electron chi connectivity index (χ3n) is 15.4. The van der Waals surface area contributed by atoms with Crippen LogP contribution in [0.25, 0.3) is 146 Å². The molecule has 0 aliphatic heterocycles. The maximum absolute atomic E-state index is 10.1. The molecule has 390 valence electrons. The van der Waals surface area contributed by atoms with Crippen LogP contribution >= 0.6 is 0 Å². The van der Waals surface area contributed by atoms with E-state index in [1.165, 1.54) is 0 Å². The number of fused-ring (bicyclic) bond motifs is 6. The second-order valence-corrected chi connectivity index (χ2v) is 20.6. The summed E-state index contributed by atoms with van der Waals surface area (Å²) in [4.78, 5) is 31.1. The number of nitrogens with zero attached hydrogens (tertiary/aromatic N) is 10. The van der Waals surface area contributed by atoms with Gasteiger partial charge in [-0.05, 0) is 113 Å². The first-order valence-electron chi connectivity index (χ1n) is 27.5. The Hall–Kier alpha value is -12.0. The molecule has 0 spiro atoms. The van der Waals surface area contributed by atoms with Gasteiger partial charge in [-0.1, -0.05) is 176 Å². The van der Waals surface area contributed by atoms with Gasteiger partial charge < -0.3 is 9.13 Å². The van der Waals surface area contributed by atoms with Gasteiger partial charge in [0.05, 0.1) is 45.3 Å². The molecule has 4 heterocycles. The predicted molar refractivity (Wildman–Crippen MR) is 335 cm³/mol. The molecule has 0 fully saturated rings.